The smallest absolute Gasteiger partial charge is 0.278 e. The van der Waals surface area contributed by atoms with Crippen LogP contribution in [0.4, 0.5) is 11.4 Å². The van der Waals surface area contributed by atoms with Crippen LogP contribution in [-0.2, 0) is 0 Å². The first-order valence-corrected chi connectivity index (χ1v) is 9.49. The molecule has 0 radical (unpaired) electrons. The van der Waals surface area contributed by atoms with Crippen LogP contribution in [0.5, 0.6) is 0 Å². The third kappa shape index (κ3) is 4.19. The molecule has 2 amide bonds. The molecule has 9 heteroatoms. The van der Waals surface area contributed by atoms with Crippen molar-refractivity contribution in [2.75, 3.05) is 23.7 Å². The molecule has 1 fully saturated rings. The van der Waals surface area contributed by atoms with Crippen molar-refractivity contribution in [3.63, 3.8) is 0 Å². The van der Waals surface area contributed by atoms with Crippen LogP contribution in [0.1, 0.15) is 45.4 Å². The van der Waals surface area contributed by atoms with E-state index in [-0.39, 0.29) is 17.9 Å². The fourth-order valence-electron chi connectivity index (χ4n) is 3.41. The number of hydrogen-bond donors (Lipinski definition) is 3. The maximum absolute atomic E-state index is 12.7. The van der Waals surface area contributed by atoms with Gasteiger partial charge in [-0.05, 0) is 57.1 Å². The third-order valence-electron chi connectivity index (χ3n) is 4.96. The highest BCUT2D eigenvalue weighted by Crippen LogP contribution is 2.21. The summed E-state index contributed by atoms with van der Waals surface area (Å²) in [6, 6.07) is 8.76. The van der Waals surface area contributed by atoms with Crippen molar-refractivity contribution in [3.8, 4) is 0 Å². The Morgan fingerprint density at radius 2 is 1.86 bits per heavy atom. The van der Waals surface area contributed by atoms with Gasteiger partial charge in [0.2, 0.25) is 0 Å². The quantitative estimate of drug-likeness (QED) is 0.613. The van der Waals surface area contributed by atoms with Gasteiger partial charge in [0.25, 0.3) is 11.8 Å². The average Bonchev–Trinajstić information content (AvgIpc) is 3.39. The first-order chi connectivity index (χ1) is 14.1. The predicted octanol–water partition coefficient (Wildman–Crippen LogP) is 2.61. The van der Waals surface area contributed by atoms with E-state index in [0.29, 0.717) is 22.6 Å². The summed E-state index contributed by atoms with van der Waals surface area (Å²) in [4.78, 5) is 24.9. The number of benzene rings is 1. The number of hydrogen-bond acceptors (Lipinski definition) is 6. The standard InChI is InChI=1S/C20H22N6O3/c1-13-18(24-25-26(13)17-5-8-21-9-6-17)20(28)23-16-4-2-3-15(11-16)22-19(27)14-7-10-29-12-14/h2-4,7,10-12,17,21H,5-6,8-9H2,1H3,(H,22,27)(H,23,28). The monoisotopic (exact) mass is 394 g/mol. The van der Waals surface area contributed by atoms with Gasteiger partial charge < -0.3 is 20.4 Å². The lowest BCUT2D eigenvalue weighted by Gasteiger charge is -2.23. The number of anilines is 2. The van der Waals surface area contributed by atoms with Crippen molar-refractivity contribution in [1.82, 2.24) is 20.3 Å². The van der Waals surface area contributed by atoms with Crippen LogP contribution < -0.4 is 16.0 Å². The van der Waals surface area contributed by atoms with Gasteiger partial charge in [-0.15, -0.1) is 5.10 Å². The molecule has 3 aromatic rings. The molecule has 3 heterocycles. The van der Waals surface area contributed by atoms with E-state index < -0.39 is 0 Å². The Bertz CT molecular complexity index is 1010. The van der Waals surface area contributed by atoms with Crippen molar-refractivity contribution in [2.45, 2.75) is 25.8 Å². The highest BCUT2D eigenvalue weighted by Gasteiger charge is 2.23. The van der Waals surface area contributed by atoms with Crippen molar-refractivity contribution < 1.29 is 14.0 Å². The van der Waals surface area contributed by atoms with Gasteiger partial charge in [0.05, 0.1) is 23.6 Å². The van der Waals surface area contributed by atoms with E-state index >= 15 is 0 Å². The number of aromatic nitrogens is 3. The van der Waals surface area contributed by atoms with Crippen LogP contribution in [0, 0.1) is 6.92 Å². The van der Waals surface area contributed by atoms with Crippen LogP contribution >= 0.6 is 0 Å². The Morgan fingerprint density at radius 3 is 2.55 bits per heavy atom. The van der Waals surface area contributed by atoms with Crippen molar-refractivity contribution in [2.24, 2.45) is 0 Å². The summed E-state index contributed by atoms with van der Waals surface area (Å²) in [7, 11) is 0. The molecule has 1 aromatic carbocycles. The molecule has 0 spiro atoms. The summed E-state index contributed by atoms with van der Waals surface area (Å²) >= 11 is 0. The topological polar surface area (TPSA) is 114 Å². The fraction of sp³-hybridized carbons (Fsp3) is 0.300. The van der Waals surface area contributed by atoms with Gasteiger partial charge in [-0.1, -0.05) is 11.3 Å². The second kappa shape index (κ2) is 8.27. The van der Waals surface area contributed by atoms with E-state index in [4.69, 9.17) is 4.42 Å². The zero-order valence-corrected chi connectivity index (χ0v) is 16.0. The summed E-state index contributed by atoms with van der Waals surface area (Å²) < 4.78 is 6.76. The van der Waals surface area contributed by atoms with Gasteiger partial charge in [-0.3, -0.25) is 9.59 Å². The lowest BCUT2D eigenvalue weighted by atomic mass is 10.1. The second-order valence-electron chi connectivity index (χ2n) is 6.95. The molecule has 0 atom stereocenters. The highest BCUT2D eigenvalue weighted by molar-refractivity contribution is 6.06. The lowest BCUT2D eigenvalue weighted by molar-refractivity contribution is 0.101. The average molecular weight is 394 g/mol. The number of carbonyl (C=O) groups excluding carboxylic acids is 2. The molecule has 9 nitrogen and oxygen atoms in total. The summed E-state index contributed by atoms with van der Waals surface area (Å²) in [5.41, 5.74) is 2.58. The Balaban J connectivity index is 1.45. The SMILES string of the molecule is Cc1c(C(=O)Nc2cccc(NC(=O)c3ccoc3)c2)nnn1C1CCNCC1. The maximum Gasteiger partial charge on any atom is 0.278 e. The first kappa shape index (κ1) is 18.9. The summed E-state index contributed by atoms with van der Waals surface area (Å²) in [6.07, 6.45) is 4.73. The maximum atomic E-state index is 12.7. The molecule has 0 aliphatic carbocycles. The van der Waals surface area contributed by atoms with E-state index in [1.807, 2.05) is 11.6 Å². The molecule has 150 valence electrons. The minimum absolute atomic E-state index is 0.256. The minimum Gasteiger partial charge on any atom is -0.472 e. The van der Waals surface area contributed by atoms with E-state index in [0.717, 1.165) is 31.6 Å². The molecule has 0 unspecified atom stereocenters. The number of piperidine rings is 1. The number of amides is 2. The van der Waals surface area contributed by atoms with Gasteiger partial charge in [-0.25, -0.2) is 4.68 Å². The summed E-state index contributed by atoms with van der Waals surface area (Å²) in [5, 5.41) is 17.2. The third-order valence-corrected chi connectivity index (χ3v) is 4.96. The Kier molecular flexibility index (Phi) is 5.39. The van der Waals surface area contributed by atoms with Crippen LogP contribution in [0.2, 0.25) is 0 Å². The largest absolute Gasteiger partial charge is 0.472 e. The van der Waals surface area contributed by atoms with Crippen LogP contribution in [0.15, 0.2) is 47.3 Å². The van der Waals surface area contributed by atoms with Gasteiger partial charge in [0.15, 0.2) is 5.69 Å². The van der Waals surface area contributed by atoms with E-state index in [1.54, 1.807) is 30.3 Å². The van der Waals surface area contributed by atoms with Crippen molar-refractivity contribution >= 4 is 23.2 Å². The van der Waals surface area contributed by atoms with Crippen molar-refractivity contribution in [1.29, 1.82) is 0 Å². The molecule has 1 saturated heterocycles. The molecule has 29 heavy (non-hydrogen) atoms. The van der Waals surface area contributed by atoms with Gasteiger partial charge >= 0.3 is 0 Å². The molecular formula is C20H22N6O3. The van der Waals surface area contributed by atoms with E-state index in [1.165, 1.54) is 12.5 Å². The minimum atomic E-state index is -0.332. The first-order valence-electron chi connectivity index (χ1n) is 9.49. The number of carbonyl (C=O) groups is 2. The molecular weight excluding hydrogens is 372 g/mol. The van der Waals surface area contributed by atoms with Crippen LogP contribution in [0.3, 0.4) is 0 Å². The number of furan rings is 1. The predicted molar refractivity (Wildman–Crippen MR) is 107 cm³/mol. The Morgan fingerprint density at radius 1 is 1.14 bits per heavy atom. The summed E-state index contributed by atoms with van der Waals surface area (Å²) in [5.74, 6) is -0.621. The fourth-order valence-corrected chi connectivity index (χ4v) is 3.41. The molecule has 0 saturated carbocycles. The number of nitrogens with one attached hydrogen (secondary N) is 3. The molecule has 1 aliphatic rings. The lowest BCUT2D eigenvalue weighted by Crippen LogP contribution is -2.30. The van der Waals surface area contributed by atoms with E-state index in [2.05, 4.69) is 26.3 Å². The van der Waals surface area contributed by atoms with Crippen LogP contribution in [0.25, 0.3) is 0 Å². The second-order valence-corrected chi connectivity index (χ2v) is 6.95. The molecule has 0 bridgehead atoms. The van der Waals surface area contributed by atoms with Gasteiger partial charge in [0.1, 0.15) is 6.26 Å². The molecule has 1 aliphatic heterocycles. The molecule has 4 rings (SSSR count). The number of nitrogens with zero attached hydrogens (tertiary/aromatic N) is 3. The summed E-state index contributed by atoms with van der Waals surface area (Å²) in [6.45, 7) is 3.73. The molecule has 3 N–H and O–H groups in total. The Hall–Kier alpha value is -3.46. The zero-order chi connectivity index (χ0) is 20.2. The van der Waals surface area contributed by atoms with Gasteiger partial charge in [-0.2, -0.15) is 0 Å². The normalized spacial score (nSPS) is 14.5. The number of rotatable bonds is 5. The van der Waals surface area contributed by atoms with Gasteiger partial charge in [0, 0.05) is 11.4 Å². The van der Waals surface area contributed by atoms with Crippen LogP contribution in [-0.4, -0.2) is 39.9 Å². The highest BCUT2D eigenvalue weighted by atomic mass is 16.3. The molecule has 2 aromatic heterocycles. The Labute approximate surface area is 167 Å². The zero-order valence-electron chi connectivity index (χ0n) is 16.0. The van der Waals surface area contributed by atoms with Crippen molar-refractivity contribution in [3.05, 3.63) is 59.8 Å². The van der Waals surface area contributed by atoms with E-state index in [9.17, 15) is 9.59 Å².